The van der Waals surface area contributed by atoms with E-state index in [4.69, 9.17) is 0 Å². The lowest BCUT2D eigenvalue weighted by Gasteiger charge is -2.35. The molecule has 252 valence electrons. The number of hydrogen-bond acceptors (Lipinski definition) is 8. The Bertz CT molecular complexity index is 1260. The van der Waals surface area contributed by atoms with Crippen molar-refractivity contribution in [2.75, 3.05) is 82.6 Å². The van der Waals surface area contributed by atoms with Crippen molar-refractivity contribution < 1.29 is 9.59 Å². The number of likely N-dealkylation sites (tertiary alicyclic amines) is 2. The van der Waals surface area contributed by atoms with Crippen LogP contribution in [0.5, 0.6) is 0 Å². The topological polar surface area (TPSA) is 53.6 Å². The molecule has 4 fully saturated rings. The van der Waals surface area contributed by atoms with Gasteiger partial charge in [0.1, 0.15) is 12.1 Å². The molecule has 0 radical (unpaired) electrons. The van der Waals surface area contributed by atoms with E-state index in [1.807, 2.05) is 37.3 Å². The third-order valence-electron chi connectivity index (χ3n) is 9.46. The molecule has 2 saturated carbocycles. The van der Waals surface area contributed by atoms with E-state index in [0.717, 1.165) is 64.1 Å². The van der Waals surface area contributed by atoms with Crippen LogP contribution in [0.2, 0.25) is 0 Å². The molecular weight excluding hydrogens is 572 g/mol. The number of hydrogen-bond donors (Lipinski definition) is 0. The first-order valence-corrected chi connectivity index (χ1v) is 16.9. The molecule has 46 heavy (non-hydrogen) atoms. The van der Waals surface area contributed by atoms with Crippen LogP contribution in [0.3, 0.4) is 0 Å². The molecule has 2 aromatic rings. The van der Waals surface area contributed by atoms with Crippen LogP contribution in [0.25, 0.3) is 0 Å². The SMILES string of the molecule is CN(C)/C=C1\C(=O)C2CC1CN(Cc1ccccc1)C2.CN(C)C(N(C)C)N(C)C.O=C1CC2CC1CN(Cc1ccccc1)C2. The van der Waals surface area contributed by atoms with E-state index < -0.39 is 0 Å². The van der Waals surface area contributed by atoms with Crippen LogP contribution in [0.4, 0.5) is 0 Å². The van der Waals surface area contributed by atoms with Crippen LogP contribution in [0, 0.1) is 23.7 Å². The molecule has 0 aromatic heterocycles. The van der Waals surface area contributed by atoms with Crippen LogP contribution in [-0.4, -0.2) is 130 Å². The second-order valence-corrected chi connectivity index (χ2v) is 14.6. The van der Waals surface area contributed by atoms with Crippen LogP contribution in [0.15, 0.2) is 72.4 Å². The molecule has 2 aliphatic carbocycles. The molecule has 4 atom stereocenters. The molecule has 6 rings (SSSR count). The first kappa shape index (κ1) is 36.0. The Balaban J connectivity index is 0.000000166. The molecule has 8 heteroatoms. The van der Waals surface area contributed by atoms with Crippen molar-refractivity contribution >= 4 is 11.6 Å². The van der Waals surface area contributed by atoms with E-state index in [1.54, 1.807) is 0 Å². The second kappa shape index (κ2) is 16.8. The summed E-state index contributed by atoms with van der Waals surface area (Å²) >= 11 is 0. The summed E-state index contributed by atoms with van der Waals surface area (Å²) in [6.07, 6.45) is 5.43. The molecule has 2 aliphatic heterocycles. The number of piperidine rings is 2. The number of benzene rings is 2. The summed E-state index contributed by atoms with van der Waals surface area (Å²) in [4.78, 5) is 37.4. The van der Waals surface area contributed by atoms with Gasteiger partial charge in [0.05, 0.1) is 0 Å². The van der Waals surface area contributed by atoms with Gasteiger partial charge in [0.15, 0.2) is 5.78 Å². The largest absolute Gasteiger partial charge is 0.383 e. The number of carbonyl (C=O) groups excluding carboxylic acids is 2. The predicted molar refractivity (Wildman–Crippen MR) is 188 cm³/mol. The average molecular weight is 631 g/mol. The Hall–Kier alpha value is -2.88. The predicted octanol–water partition coefficient (Wildman–Crippen LogP) is 4.21. The van der Waals surface area contributed by atoms with E-state index >= 15 is 0 Å². The van der Waals surface area contributed by atoms with E-state index in [1.165, 1.54) is 11.1 Å². The Labute approximate surface area is 278 Å². The minimum absolute atomic E-state index is 0.212. The highest BCUT2D eigenvalue weighted by Crippen LogP contribution is 2.38. The van der Waals surface area contributed by atoms with Crippen LogP contribution < -0.4 is 0 Å². The number of ketones is 2. The summed E-state index contributed by atoms with van der Waals surface area (Å²) in [6.45, 7) is 5.96. The van der Waals surface area contributed by atoms with E-state index in [9.17, 15) is 9.59 Å². The summed E-state index contributed by atoms with van der Waals surface area (Å²) < 4.78 is 0. The molecule has 2 heterocycles. The van der Waals surface area contributed by atoms with Gasteiger partial charge in [-0.3, -0.25) is 34.1 Å². The first-order chi connectivity index (χ1) is 21.9. The summed E-state index contributed by atoms with van der Waals surface area (Å²) in [5.41, 5.74) is 3.73. The highest BCUT2D eigenvalue weighted by atomic mass is 16.1. The fourth-order valence-electron chi connectivity index (χ4n) is 7.95. The van der Waals surface area contributed by atoms with Crippen molar-refractivity contribution in [2.45, 2.75) is 38.6 Å². The summed E-state index contributed by atoms with van der Waals surface area (Å²) in [5, 5.41) is 0. The minimum Gasteiger partial charge on any atom is -0.383 e. The maximum Gasteiger partial charge on any atom is 0.165 e. The van der Waals surface area contributed by atoms with Crippen LogP contribution >= 0.6 is 0 Å². The maximum absolute atomic E-state index is 12.4. The molecular formula is C38H58N6O2. The minimum atomic E-state index is 0.212. The number of carbonyl (C=O) groups is 2. The summed E-state index contributed by atoms with van der Waals surface area (Å²) in [5.74, 6) is 2.48. The van der Waals surface area contributed by atoms with Crippen molar-refractivity contribution in [2.24, 2.45) is 23.7 Å². The van der Waals surface area contributed by atoms with Gasteiger partial charge in [-0.05, 0) is 72.2 Å². The van der Waals surface area contributed by atoms with Crippen molar-refractivity contribution in [3.05, 3.63) is 83.6 Å². The van der Waals surface area contributed by atoms with Gasteiger partial charge in [0, 0.05) is 89.3 Å². The summed E-state index contributed by atoms with van der Waals surface area (Å²) in [7, 11) is 16.4. The van der Waals surface area contributed by atoms with Gasteiger partial charge in [-0.25, -0.2) is 0 Å². The molecule has 0 spiro atoms. The fraction of sp³-hybridized carbons (Fsp3) is 0.579. The lowest BCUT2D eigenvalue weighted by atomic mass is 9.97. The van der Waals surface area contributed by atoms with E-state index in [0.29, 0.717) is 35.6 Å². The Morgan fingerprint density at radius 3 is 1.59 bits per heavy atom. The van der Waals surface area contributed by atoms with Gasteiger partial charge in [0.25, 0.3) is 0 Å². The maximum atomic E-state index is 12.4. The highest BCUT2D eigenvalue weighted by molar-refractivity contribution is 6.00. The normalized spacial score (nSPS) is 25.3. The third-order valence-corrected chi connectivity index (χ3v) is 9.46. The van der Waals surface area contributed by atoms with Crippen LogP contribution in [0.1, 0.15) is 30.4 Å². The molecule has 8 nitrogen and oxygen atoms in total. The smallest absolute Gasteiger partial charge is 0.165 e. The molecule has 2 aromatic carbocycles. The van der Waals surface area contributed by atoms with Gasteiger partial charge in [-0.15, -0.1) is 0 Å². The second-order valence-electron chi connectivity index (χ2n) is 14.6. The van der Waals surface area contributed by atoms with E-state index in [-0.39, 0.29) is 5.92 Å². The van der Waals surface area contributed by atoms with Crippen molar-refractivity contribution in [1.29, 1.82) is 0 Å². The zero-order valence-corrected chi connectivity index (χ0v) is 29.6. The molecule has 4 aliphatic rings. The van der Waals surface area contributed by atoms with Gasteiger partial charge in [0.2, 0.25) is 0 Å². The fourth-order valence-corrected chi connectivity index (χ4v) is 7.95. The molecule has 2 saturated heterocycles. The number of fused-ring (bicyclic) bond motifs is 4. The van der Waals surface area contributed by atoms with E-state index in [2.05, 4.69) is 115 Å². The molecule has 0 N–H and O–H groups in total. The number of Topliss-reactive ketones (excluding diaryl/α,β-unsaturated/α-hetero) is 2. The Morgan fingerprint density at radius 1 is 0.652 bits per heavy atom. The Kier molecular flexibility index (Phi) is 13.1. The van der Waals surface area contributed by atoms with Crippen molar-refractivity contribution in [1.82, 2.24) is 29.4 Å². The highest BCUT2D eigenvalue weighted by Gasteiger charge is 2.43. The monoisotopic (exact) mass is 630 g/mol. The Morgan fingerprint density at radius 2 is 1.13 bits per heavy atom. The van der Waals surface area contributed by atoms with Crippen molar-refractivity contribution in [3.63, 3.8) is 0 Å². The van der Waals surface area contributed by atoms with Gasteiger partial charge in [-0.2, -0.15) is 0 Å². The van der Waals surface area contributed by atoms with Gasteiger partial charge < -0.3 is 4.90 Å². The molecule has 0 amide bonds. The van der Waals surface area contributed by atoms with Gasteiger partial charge in [-0.1, -0.05) is 60.7 Å². The zero-order chi connectivity index (χ0) is 33.4. The number of nitrogens with zero attached hydrogens (tertiary/aromatic N) is 6. The lowest BCUT2D eigenvalue weighted by Crippen LogP contribution is -2.50. The quantitative estimate of drug-likeness (QED) is 0.318. The standard InChI is InChI=1S/C17H22N2O.C14H17NO.C7H19N3/c1-18(2)12-16-14-8-15(17(16)20)11-19(10-14)9-13-6-4-3-5-7-13;16-14-7-12-6-13(14)10-15(9-12)8-11-4-2-1-3-5-11;1-8(2)7(9(3)4)10(5)6/h3-7,12,14-15H,8-11H2,1-2H3;1-5,12-13H,6-10H2;7H,1-6H3/b16-12-;;. The average Bonchev–Trinajstić information content (AvgIpc) is 3.37. The number of rotatable bonds is 8. The zero-order valence-electron chi connectivity index (χ0n) is 29.6. The van der Waals surface area contributed by atoms with Crippen molar-refractivity contribution in [3.8, 4) is 0 Å². The van der Waals surface area contributed by atoms with Gasteiger partial charge >= 0.3 is 0 Å². The summed E-state index contributed by atoms with van der Waals surface area (Å²) in [6, 6.07) is 21.1. The van der Waals surface area contributed by atoms with Crippen LogP contribution in [-0.2, 0) is 22.7 Å². The first-order valence-electron chi connectivity index (χ1n) is 16.9. The lowest BCUT2D eigenvalue weighted by molar-refractivity contribution is -0.121. The third kappa shape index (κ3) is 10.1. The molecule has 4 bridgehead atoms. The molecule has 4 unspecified atom stereocenters.